The van der Waals surface area contributed by atoms with Crippen molar-refractivity contribution in [3.8, 4) is 17.2 Å². The molecule has 0 bridgehead atoms. The molecule has 5 rings (SSSR count). The van der Waals surface area contributed by atoms with E-state index in [1.165, 1.54) is 0 Å². The number of quaternary nitrogens is 1. The summed E-state index contributed by atoms with van der Waals surface area (Å²) in [5, 5.41) is 23.2. The van der Waals surface area contributed by atoms with Crippen LogP contribution in [0.15, 0.2) is 83.4 Å². The first-order valence-electron chi connectivity index (χ1n) is 11.6. The Morgan fingerprint density at radius 3 is 2.23 bits per heavy atom. The highest BCUT2D eigenvalue weighted by Crippen LogP contribution is 2.48. The van der Waals surface area contributed by atoms with Gasteiger partial charge in [0.25, 0.3) is 0 Å². The minimum atomic E-state index is -1.66. The minimum absolute atomic E-state index is 0.182. The fraction of sp³-hybridized carbons (Fsp3) is 0.241. The molecule has 0 saturated carbocycles. The van der Waals surface area contributed by atoms with Gasteiger partial charge >= 0.3 is 0 Å². The second-order valence-corrected chi connectivity index (χ2v) is 9.58. The van der Waals surface area contributed by atoms with Gasteiger partial charge in [0.2, 0.25) is 0 Å². The van der Waals surface area contributed by atoms with E-state index in [4.69, 9.17) is 14.4 Å². The first kappa shape index (κ1) is 23.0. The number of fused-ring (bicyclic) bond motifs is 3. The first-order valence-corrected chi connectivity index (χ1v) is 11.6. The molecule has 0 aliphatic heterocycles. The van der Waals surface area contributed by atoms with Gasteiger partial charge in [0.05, 0.1) is 45.1 Å². The number of hydrogen-bond acceptors (Lipinski definition) is 5. The molecule has 3 aromatic carbocycles. The number of ether oxygens (including phenoxy) is 1. The van der Waals surface area contributed by atoms with Gasteiger partial charge in [-0.15, -0.1) is 0 Å². The van der Waals surface area contributed by atoms with E-state index in [-0.39, 0.29) is 5.89 Å². The minimum Gasteiger partial charge on any atom is -0.835 e. The van der Waals surface area contributed by atoms with E-state index in [9.17, 15) is 5.11 Å². The predicted molar refractivity (Wildman–Crippen MR) is 130 cm³/mol. The van der Waals surface area contributed by atoms with E-state index in [2.05, 4.69) is 25.1 Å². The van der Waals surface area contributed by atoms with Crippen LogP contribution in [0.25, 0.3) is 11.1 Å². The average molecular weight is 466 g/mol. The van der Waals surface area contributed by atoms with Crippen molar-refractivity contribution in [3.63, 3.8) is 0 Å². The van der Waals surface area contributed by atoms with Crippen LogP contribution in [0, 0.1) is 11.3 Å². The summed E-state index contributed by atoms with van der Waals surface area (Å²) >= 11 is 0. The number of nitrogens with zero attached hydrogens (tertiary/aromatic N) is 3. The van der Waals surface area contributed by atoms with E-state index in [1.54, 1.807) is 18.3 Å². The standard InChI is InChI=1S/C29H27N3O3/c1-32(2,15-16-34-20-22-13-11-21(17-30)12-14-22)19-23-18-31-28(35-23)29(33)26-9-5-3-7-24(26)25-8-4-6-10-27(25)29/h3-14,18H,15-16,19-20H2,1-2H3. The van der Waals surface area contributed by atoms with Gasteiger partial charge in [-0.05, 0) is 39.9 Å². The van der Waals surface area contributed by atoms with Gasteiger partial charge in [0.1, 0.15) is 13.1 Å². The summed E-state index contributed by atoms with van der Waals surface area (Å²) in [6, 6.07) is 24.9. The Bertz CT molecular complexity index is 1340. The molecular weight excluding hydrogens is 438 g/mol. The Balaban J connectivity index is 1.26. The highest BCUT2D eigenvalue weighted by Gasteiger charge is 2.38. The zero-order valence-corrected chi connectivity index (χ0v) is 19.9. The Morgan fingerprint density at radius 2 is 1.60 bits per heavy atom. The molecule has 1 aliphatic carbocycles. The summed E-state index contributed by atoms with van der Waals surface area (Å²) < 4.78 is 12.6. The summed E-state index contributed by atoms with van der Waals surface area (Å²) in [6.45, 7) is 2.42. The van der Waals surface area contributed by atoms with E-state index in [0.29, 0.717) is 46.7 Å². The largest absolute Gasteiger partial charge is 0.835 e. The number of nitriles is 1. The van der Waals surface area contributed by atoms with Crippen molar-refractivity contribution in [1.29, 1.82) is 5.26 Å². The van der Waals surface area contributed by atoms with Crippen LogP contribution in [0.1, 0.15) is 33.9 Å². The number of benzene rings is 3. The molecule has 0 saturated heterocycles. The number of hydrogen-bond donors (Lipinski definition) is 0. The highest BCUT2D eigenvalue weighted by atomic mass is 16.5. The van der Waals surface area contributed by atoms with Gasteiger partial charge in [-0.25, -0.2) is 4.98 Å². The molecule has 0 radical (unpaired) electrons. The molecule has 6 nitrogen and oxygen atoms in total. The number of oxazole rings is 1. The van der Waals surface area contributed by atoms with Crippen molar-refractivity contribution in [2.45, 2.75) is 18.8 Å². The molecule has 0 amide bonds. The molecule has 1 aromatic heterocycles. The Labute approximate surface area is 205 Å². The molecule has 0 spiro atoms. The maximum atomic E-state index is 14.3. The molecule has 6 heteroatoms. The molecule has 0 N–H and O–H groups in total. The van der Waals surface area contributed by atoms with E-state index < -0.39 is 5.60 Å². The number of aromatic nitrogens is 1. The van der Waals surface area contributed by atoms with Crippen LogP contribution >= 0.6 is 0 Å². The molecule has 1 aliphatic rings. The van der Waals surface area contributed by atoms with Crippen LogP contribution in [0.3, 0.4) is 0 Å². The van der Waals surface area contributed by atoms with Gasteiger partial charge in [-0.2, -0.15) is 5.26 Å². The van der Waals surface area contributed by atoms with Crippen LogP contribution in [0.5, 0.6) is 0 Å². The van der Waals surface area contributed by atoms with Crippen LogP contribution < -0.4 is 5.11 Å². The third-order valence-corrected chi connectivity index (χ3v) is 6.53. The maximum Gasteiger partial charge on any atom is 0.193 e. The smallest absolute Gasteiger partial charge is 0.193 e. The second-order valence-electron chi connectivity index (χ2n) is 9.58. The topological polar surface area (TPSA) is 82.1 Å². The van der Waals surface area contributed by atoms with Crippen molar-refractivity contribution >= 4 is 0 Å². The summed E-state index contributed by atoms with van der Waals surface area (Å²) in [7, 11) is 4.20. The molecular formula is C29H27N3O3. The highest BCUT2D eigenvalue weighted by molar-refractivity contribution is 5.81. The van der Waals surface area contributed by atoms with Gasteiger partial charge in [-0.3, -0.25) is 0 Å². The van der Waals surface area contributed by atoms with Gasteiger partial charge in [0.15, 0.2) is 11.7 Å². The third kappa shape index (κ3) is 4.38. The Morgan fingerprint density at radius 1 is 0.971 bits per heavy atom. The fourth-order valence-electron chi connectivity index (χ4n) is 4.65. The lowest BCUT2D eigenvalue weighted by Gasteiger charge is -2.35. The first-order chi connectivity index (χ1) is 16.9. The fourth-order valence-corrected chi connectivity index (χ4v) is 4.65. The van der Waals surface area contributed by atoms with Crippen LogP contribution in [-0.4, -0.2) is 36.7 Å². The molecule has 0 unspecified atom stereocenters. The number of rotatable bonds is 8. The van der Waals surface area contributed by atoms with Gasteiger partial charge < -0.3 is 18.7 Å². The van der Waals surface area contributed by atoms with E-state index in [0.717, 1.165) is 23.2 Å². The van der Waals surface area contributed by atoms with Crippen LogP contribution in [-0.2, 0) is 23.5 Å². The molecule has 0 fully saturated rings. The lowest BCUT2D eigenvalue weighted by atomic mass is 9.91. The SMILES string of the molecule is C[N+](C)(CCOCc1ccc(C#N)cc1)Cc1cnc(C2([O-])c3ccccc3-c3ccccc32)o1. The zero-order valence-electron chi connectivity index (χ0n) is 19.9. The Hall–Kier alpha value is -3.76. The zero-order chi connectivity index (χ0) is 24.5. The average Bonchev–Trinajstić information content (AvgIpc) is 3.44. The molecule has 4 aromatic rings. The number of likely N-dealkylation sites (N-methyl/N-ethyl adjacent to an activating group) is 1. The van der Waals surface area contributed by atoms with Crippen molar-refractivity contribution in [2.75, 3.05) is 27.2 Å². The summed E-state index contributed by atoms with van der Waals surface area (Å²) in [6.07, 6.45) is 1.68. The normalized spacial score (nSPS) is 13.8. The van der Waals surface area contributed by atoms with E-state index >= 15 is 0 Å². The third-order valence-electron chi connectivity index (χ3n) is 6.53. The van der Waals surface area contributed by atoms with Gasteiger partial charge in [0, 0.05) is 5.60 Å². The van der Waals surface area contributed by atoms with Crippen molar-refractivity contribution in [2.24, 2.45) is 0 Å². The predicted octanol–water partition coefficient (Wildman–Crippen LogP) is 3.97. The van der Waals surface area contributed by atoms with Crippen LogP contribution in [0.4, 0.5) is 0 Å². The van der Waals surface area contributed by atoms with Crippen LogP contribution in [0.2, 0.25) is 0 Å². The van der Waals surface area contributed by atoms with Crippen molar-refractivity contribution in [3.05, 3.63) is 113 Å². The molecule has 1 heterocycles. The van der Waals surface area contributed by atoms with E-state index in [1.807, 2.05) is 60.7 Å². The lowest BCUT2D eigenvalue weighted by Crippen LogP contribution is -2.42. The van der Waals surface area contributed by atoms with Crippen molar-refractivity contribution in [1.82, 2.24) is 4.98 Å². The summed E-state index contributed by atoms with van der Waals surface area (Å²) in [5.74, 6) is 0.858. The summed E-state index contributed by atoms with van der Waals surface area (Å²) in [5.41, 5.74) is 3.25. The monoisotopic (exact) mass is 465 g/mol. The second kappa shape index (κ2) is 9.12. The van der Waals surface area contributed by atoms with Gasteiger partial charge in [-0.1, -0.05) is 60.7 Å². The molecule has 176 valence electrons. The molecule has 35 heavy (non-hydrogen) atoms. The Kier molecular flexibility index (Phi) is 6.00. The summed E-state index contributed by atoms with van der Waals surface area (Å²) in [4.78, 5) is 4.46. The quantitative estimate of drug-likeness (QED) is 0.290. The molecule has 0 atom stereocenters. The van der Waals surface area contributed by atoms with Crippen molar-refractivity contribution < 1.29 is 18.7 Å². The lowest BCUT2D eigenvalue weighted by molar-refractivity contribution is -0.905. The maximum absolute atomic E-state index is 14.3.